The van der Waals surface area contributed by atoms with Gasteiger partial charge in [-0.05, 0) is 32.9 Å². The highest BCUT2D eigenvalue weighted by Gasteiger charge is 2.15. The van der Waals surface area contributed by atoms with Gasteiger partial charge in [0.2, 0.25) is 0 Å². The molecular weight excluding hydrogens is 328 g/mol. The van der Waals surface area contributed by atoms with Crippen LogP contribution in [0.25, 0.3) is 11.0 Å². The van der Waals surface area contributed by atoms with E-state index in [4.69, 9.17) is 0 Å². The fraction of sp³-hybridized carbons (Fsp3) is 0.421. The molecule has 138 valence electrons. The molecular formula is C19H26N6O. The van der Waals surface area contributed by atoms with Crippen molar-refractivity contribution in [1.82, 2.24) is 29.3 Å². The van der Waals surface area contributed by atoms with Gasteiger partial charge in [-0.3, -0.25) is 0 Å². The quantitative estimate of drug-likeness (QED) is 0.740. The lowest BCUT2D eigenvalue weighted by Gasteiger charge is -2.19. The zero-order chi connectivity index (χ0) is 18.7. The predicted octanol–water partition coefficient (Wildman–Crippen LogP) is 2.96. The highest BCUT2D eigenvalue weighted by Crippen LogP contribution is 2.20. The average molecular weight is 354 g/mol. The van der Waals surface area contributed by atoms with Gasteiger partial charge in [-0.25, -0.2) is 14.8 Å². The topological polar surface area (TPSA) is 68.0 Å². The Bertz CT molecular complexity index is 894. The van der Waals surface area contributed by atoms with Crippen molar-refractivity contribution in [2.75, 3.05) is 13.6 Å². The minimum Gasteiger partial charge on any atom is -0.333 e. The number of carbonyl (C=O) groups excluding carboxylic acids is 1. The van der Waals surface area contributed by atoms with Crippen LogP contribution in [-0.2, 0) is 13.1 Å². The van der Waals surface area contributed by atoms with Gasteiger partial charge in [-0.15, -0.1) is 0 Å². The lowest BCUT2D eigenvalue weighted by Crippen LogP contribution is -2.39. The Labute approximate surface area is 153 Å². The molecule has 0 aliphatic rings. The summed E-state index contributed by atoms with van der Waals surface area (Å²) in [6.45, 7) is 7.94. The molecule has 3 rings (SSSR count). The van der Waals surface area contributed by atoms with Crippen molar-refractivity contribution < 1.29 is 4.79 Å². The number of amides is 2. The van der Waals surface area contributed by atoms with Gasteiger partial charge >= 0.3 is 6.03 Å². The number of benzene rings is 1. The molecule has 2 amide bonds. The molecule has 0 aliphatic heterocycles. The van der Waals surface area contributed by atoms with E-state index >= 15 is 0 Å². The summed E-state index contributed by atoms with van der Waals surface area (Å²) < 4.78 is 4.20. The van der Waals surface area contributed by atoms with Crippen molar-refractivity contribution in [2.45, 2.75) is 39.9 Å². The molecule has 0 aliphatic carbocycles. The summed E-state index contributed by atoms with van der Waals surface area (Å²) >= 11 is 0. The van der Waals surface area contributed by atoms with Gasteiger partial charge in [0.1, 0.15) is 11.6 Å². The number of likely N-dealkylation sites (N-methyl/N-ethyl adjacent to an activating group) is 1. The number of carbonyl (C=O) groups is 1. The minimum atomic E-state index is -0.106. The molecule has 0 radical (unpaired) electrons. The number of para-hydroxylation sites is 2. The third-order valence-corrected chi connectivity index (χ3v) is 4.53. The van der Waals surface area contributed by atoms with Crippen molar-refractivity contribution in [3.05, 3.63) is 48.3 Å². The van der Waals surface area contributed by atoms with E-state index in [1.807, 2.05) is 35.9 Å². The number of urea groups is 1. The first-order valence-electron chi connectivity index (χ1n) is 8.90. The molecule has 0 saturated carbocycles. The molecule has 1 N–H and O–H groups in total. The maximum atomic E-state index is 12.4. The monoisotopic (exact) mass is 354 g/mol. The van der Waals surface area contributed by atoms with E-state index in [2.05, 4.69) is 39.8 Å². The minimum absolute atomic E-state index is 0.106. The van der Waals surface area contributed by atoms with Crippen LogP contribution in [0.15, 0.2) is 36.7 Å². The van der Waals surface area contributed by atoms with Crippen molar-refractivity contribution in [1.29, 1.82) is 0 Å². The number of fused-ring (bicyclic) bond motifs is 1. The van der Waals surface area contributed by atoms with E-state index in [9.17, 15) is 4.79 Å². The second-order valence-electron chi connectivity index (χ2n) is 6.73. The molecule has 0 bridgehead atoms. The summed E-state index contributed by atoms with van der Waals surface area (Å²) in [7, 11) is 1.80. The molecule has 0 spiro atoms. The summed E-state index contributed by atoms with van der Waals surface area (Å²) in [5, 5.41) is 2.98. The van der Waals surface area contributed by atoms with E-state index < -0.39 is 0 Å². The number of aromatic nitrogens is 4. The summed E-state index contributed by atoms with van der Waals surface area (Å²) in [5.41, 5.74) is 2.05. The van der Waals surface area contributed by atoms with E-state index in [1.165, 1.54) is 0 Å². The number of aryl methyl sites for hydroxylation is 1. The Morgan fingerprint density at radius 1 is 1.31 bits per heavy atom. The average Bonchev–Trinajstić information content (AvgIpc) is 3.20. The fourth-order valence-corrected chi connectivity index (χ4v) is 3.08. The molecule has 2 aromatic heterocycles. The second-order valence-corrected chi connectivity index (χ2v) is 6.73. The SMILES string of the molecule is Cc1nccn1CCN(C)C(=O)NCc1nc2ccccc2n1C(C)C. The largest absolute Gasteiger partial charge is 0.333 e. The van der Waals surface area contributed by atoms with Crippen LogP contribution in [0.3, 0.4) is 0 Å². The van der Waals surface area contributed by atoms with Crippen molar-refractivity contribution >= 4 is 17.1 Å². The highest BCUT2D eigenvalue weighted by molar-refractivity contribution is 5.77. The Kier molecular flexibility index (Phi) is 5.25. The lowest BCUT2D eigenvalue weighted by atomic mass is 10.3. The number of imidazole rings is 2. The van der Waals surface area contributed by atoms with Crippen LogP contribution in [0.1, 0.15) is 31.5 Å². The zero-order valence-corrected chi connectivity index (χ0v) is 15.8. The molecule has 0 unspecified atom stereocenters. The van der Waals surface area contributed by atoms with Crippen LogP contribution >= 0.6 is 0 Å². The zero-order valence-electron chi connectivity index (χ0n) is 15.8. The summed E-state index contributed by atoms with van der Waals surface area (Å²) in [4.78, 5) is 23.0. The van der Waals surface area contributed by atoms with Crippen LogP contribution in [0.4, 0.5) is 4.79 Å². The Morgan fingerprint density at radius 2 is 2.08 bits per heavy atom. The van der Waals surface area contributed by atoms with Gasteiger partial charge in [0, 0.05) is 38.6 Å². The molecule has 0 fully saturated rings. The summed E-state index contributed by atoms with van der Waals surface area (Å²) in [5.74, 6) is 1.82. The van der Waals surface area contributed by atoms with Gasteiger partial charge in [0.05, 0.1) is 17.6 Å². The summed E-state index contributed by atoms with van der Waals surface area (Å²) in [6, 6.07) is 8.22. The van der Waals surface area contributed by atoms with Crippen LogP contribution in [-0.4, -0.2) is 43.6 Å². The third kappa shape index (κ3) is 3.71. The lowest BCUT2D eigenvalue weighted by molar-refractivity contribution is 0.206. The third-order valence-electron chi connectivity index (χ3n) is 4.53. The molecule has 26 heavy (non-hydrogen) atoms. The maximum Gasteiger partial charge on any atom is 0.317 e. The Hall–Kier alpha value is -2.83. The molecule has 7 nitrogen and oxygen atoms in total. The van der Waals surface area contributed by atoms with E-state index in [0.29, 0.717) is 13.1 Å². The Morgan fingerprint density at radius 3 is 2.77 bits per heavy atom. The van der Waals surface area contributed by atoms with E-state index in [-0.39, 0.29) is 12.1 Å². The molecule has 0 atom stereocenters. The van der Waals surface area contributed by atoms with Crippen LogP contribution in [0.5, 0.6) is 0 Å². The molecule has 3 aromatic rings. The first-order chi connectivity index (χ1) is 12.5. The first-order valence-corrected chi connectivity index (χ1v) is 8.90. The van der Waals surface area contributed by atoms with Gasteiger partial charge in [0.25, 0.3) is 0 Å². The normalized spacial score (nSPS) is 11.3. The number of hydrogen-bond acceptors (Lipinski definition) is 3. The summed E-state index contributed by atoms with van der Waals surface area (Å²) in [6.07, 6.45) is 3.69. The molecule has 1 aromatic carbocycles. The second kappa shape index (κ2) is 7.59. The van der Waals surface area contributed by atoms with E-state index in [0.717, 1.165) is 29.2 Å². The highest BCUT2D eigenvalue weighted by atomic mass is 16.2. The number of nitrogens with one attached hydrogen (secondary N) is 1. The maximum absolute atomic E-state index is 12.4. The fourth-order valence-electron chi connectivity index (χ4n) is 3.08. The van der Waals surface area contributed by atoms with Crippen molar-refractivity contribution in [3.63, 3.8) is 0 Å². The van der Waals surface area contributed by atoms with Crippen LogP contribution in [0.2, 0.25) is 0 Å². The van der Waals surface area contributed by atoms with Crippen LogP contribution in [0, 0.1) is 6.92 Å². The van der Waals surface area contributed by atoms with Gasteiger partial charge in [0.15, 0.2) is 0 Å². The van der Waals surface area contributed by atoms with Gasteiger partial charge in [-0.2, -0.15) is 0 Å². The first kappa shape index (κ1) is 18.0. The number of rotatable bonds is 6. The number of hydrogen-bond donors (Lipinski definition) is 1. The predicted molar refractivity (Wildman–Crippen MR) is 102 cm³/mol. The molecule has 7 heteroatoms. The van der Waals surface area contributed by atoms with Crippen LogP contribution < -0.4 is 5.32 Å². The van der Waals surface area contributed by atoms with E-state index in [1.54, 1.807) is 18.1 Å². The number of nitrogens with zero attached hydrogens (tertiary/aromatic N) is 5. The van der Waals surface area contributed by atoms with Gasteiger partial charge in [-0.1, -0.05) is 12.1 Å². The van der Waals surface area contributed by atoms with Crippen molar-refractivity contribution in [3.8, 4) is 0 Å². The van der Waals surface area contributed by atoms with Crippen molar-refractivity contribution in [2.24, 2.45) is 0 Å². The molecule has 0 saturated heterocycles. The van der Waals surface area contributed by atoms with Gasteiger partial charge < -0.3 is 19.4 Å². The standard InChI is InChI=1S/C19H26N6O/c1-14(2)25-17-8-6-5-7-16(17)22-18(25)13-21-19(26)23(4)11-12-24-10-9-20-15(24)3/h5-10,14H,11-13H2,1-4H3,(H,21,26). The molecule has 2 heterocycles. The smallest absolute Gasteiger partial charge is 0.317 e. The Balaban J connectivity index is 1.63.